The third-order valence-electron chi connectivity index (χ3n) is 4.83. The average molecular weight is 431 g/mol. The first-order valence-electron chi connectivity index (χ1n) is 10.2. The molecule has 8 heteroatoms. The Kier molecular flexibility index (Phi) is 7.70. The first kappa shape index (κ1) is 22.1. The van der Waals surface area contributed by atoms with E-state index < -0.39 is 10.0 Å². The molecule has 0 aromatic heterocycles. The molecule has 0 aliphatic heterocycles. The van der Waals surface area contributed by atoms with Crippen molar-refractivity contribution in [2.45, 2.75) is 31.2 Å². The lowest BCUT2D eigenvalue weighted by Crippen LogP contribution is -2.41. The molecule has 0 heterocycles. The summed E-state index contributed by atoms with van der Waals surface area (Å²) >= 11 is 0. The first-order valence-corrected chi connectivity index (χ1v) is 11.7. The van der Waals surface area contributed by atoms with Gasteiger partial charge in [0, 0.05) is 32.2 Å². The zero-order chi connectivity index (χ0) is 21.4. The molecule has 162 valence electrons. The minimum absolute atomic E-state index is 0.248. The number of benzene rings is 2. The summed E-state index contributed by atoms with van der Waals surface area (Å²) < 4.78 is 33.1. The Bertz CT molecular complexity index is 958. The number of hydrogen-bond donors (Lipinski definition) is 3. The largest absolute Gasteiger partial charge is 0.493 e. The van der Waals surface area contributed by atoms with Gasteiger partial charge in [0.25, 0.3) is 0 Å². The number of sulfonamides is 1. The van der Waals surface area contributed by atoms with E-state index in [9.17, 15) is 8.42 Å². The first-order chi connectivity index (χ1) is 14.5. The second-order valence-corrected chi connectivity index (χ2v) is 9.20. The number of hydrogen-bond acceptors (Lipinski definition) is 4. The normalized spacial score (nSPS) is 14.4. The molecule has 0 unspecified atom stereocenters. The van der Waals surface area contributed by atoms with E-state index in [1.165, 1.54) is 12.8 Å². The molecule has 3 N–H and O–H groups in total. The van der Waals surface area contributed by atoms with Crippen LogP contribution >= 0.6 is 0 Å². The molecule has 3 rings (SSSR count). The Balaban J connectivity index is 1.46. The highest BCUT2D eigenvalue weighted by Crippen LogP contribution is 2.30. The van der Waals surface area contributed by atoms with Crippen LogP contribution in [0.1, 0.15) is 24.0 Å². The molecule has 0 spiro atoms. The van der Waals surface area contributed by atoms with Crippen molar-refractivity contribution >= 4 is 16.0 Å². The monoisotopic (exact) mass is 430 g/mol. The zero-order valence-electron chi connectivity index (χ0n) is 17.5. The summed E-state index contributed by atoms with van der Waals surface area (Å²) in [5.41, 5.74) is 2.23. The maximum Gasteiger partial charge on any atom is 0.240 e. The number of aryl methyl sites for hydroxylation is 1. The number of aliphatic imine (C=N–C) groups is 1. The van der Waals surface area contributed by atoms with E-state index in [1.807, 2.05) is 0 Å². The van der Waals surface area contributed by atoms with E-state index in [-0.39, 0.29) is 11.4 Å². The van der Waals surface area contributed by atoms with Crippen LogP contribution in [0.15, 0.2) is 58.4 Å². The Morgan fingerprint density at radius 2 is 1.87 bits per heavy atom. The van der Waals surface area contributed by atoms with Gasteiger partial charge in [0.1, 0.15) is 5.75 Å². The van der Waals surface area contributed by atoms with E-state index >= 15 is 0 Å². The van der Waals surface area contributed by atoms with Crippen molar-refractivity contribution in [3.63, 3.8) is 0 Å². The van der Waals surface area contributed by atoms with Gasteiger partial charge in [-0.05, 0) is 49.4 Å². The highest BCUT2D eigenvalue weighted by molar-refractivity contribution is 7.89. The van der Waals surface area contributed by atoms with Gasteiger partial charge in [-0.2, -0.15) is 0 Å². The summed E-state index contributed by atoms with van der Waals surface area (Å²) in [4.78, 5) is 4.46. The highest BCUT2D eigenvalue weighted by Gasteiger charge is 2.22. The lowest BCUT2D eigenvalue weighted by molar-refractivity contribution is 0.296. The van der Waals surface area contributed by atoms with Gasteiger partial charge in [0.2, 0.25) is 10.0 Å². The van der Waals surface area contributed by atoms with Gasteiger partial charge in [-0.3, -0.25) is 4.99 Å². The third kappa shape index (κ3) is 6.74. The summed E-state index contributed by atoms with van der Waals surface area (Å²) in [7, 11) is -1.82. The van der Waals surface area contributed by atoms with Crippen molar-refractivity contribution in [1.29, 1.82) is 0 Å². The van der Waals surface area contributed by atoms with Gasteiger partial charge < -0.3 is 15.4 Å². The van der Waals surface area contributed by atoms with Crippen LogP contribution in [0.25, 0.3) is 0 Å². The van der Waals surface area contributed by atoms with E-state index in [4.69, 9.17) is 4.74 Å². The second-order valence-electron chi connectivity index (χ2n) is 7.43. The van der Waals surface area contributed by atoms with Crippen LogP contribution in [0, 0.1) is 12.8 Å². The Hall–Kier alpha value is -2.58. The second kappa shape index (κ2) is 10.4. The fourth-order valence-electron chi connectivity index (χ4n) is 2.88. The summed E-state index contributed by atoms with van der Waals surface area (Å²) in [6.45, 7) is 4.04. The van der Waals surface area contributed by atoms with E-state index in [1.54, 1.807) is 37.4 Å². The molecule has 1 saturated carbocycles. The van der Waals surface area contributed by atoms with Gasteiger partial charge in [-0.15, -0.1) is 0 Å². The number of guanidine groups is 1. The Morgan fingerprint density at radius 1 is 1.10 bits per heavy atom. The number of ether oxygens (including phenoxy) is 1. The van der Waals surface area contributed by atoms with Gasteiger partial charge in [-0.1, -0.05) is 30.3 Å². The molecule has 2 aromatic rings. The zero-order valence-corrected chi connectivity index (χ0v) is 18.3. The van der Waals surface area contributed by atoms with Crippen molar-refractivity contribution in [2.24, 2.45) is 10.9 Å². The summed E-state index contributed by atoms with van der Waals surface area (Å²) in [6.07, 6.45) is 2.51. The van der Waals surface area contributed by atoms with Crippen molar-refractivity contribution in [1.82, 2.24) is 15.4 Å². The quantitative estimate of drug-likeness (QED) is 0.306. The molecule has 7 nitrogen and oxygen atoms in total. The van der Waals surface area contributed by atoms with Crippen molar-refractivity contribution in [3.05, 3.63) is 59.7 Å². The summed E-state index contributed by atoms with van der Waals surface area (Å²) in [5, 5.41) is 6.39. The van der Waals surface area contributed by atoms with E-state index in [2.05, 4.69) is 45.5 Å². The molecule has 2 aromatic carbocycles. The van der Waals surface area contributed by atoms with Gasteiger partial charge in [0.05, 0.1) is 11.5 Å². The molecule has 0 atom stereocenters. The van der Waals surface area contributed by atoms with E-state index in [0.29, 0.717) is 25.0 Å². The summed E-state index contributed by atoms with van der Waals surface area (Å²) in [5.74, 6) is 2.20. The molecule has 1 aliphatic carbocycles. The van der Waals surface area contributed by atoms with Crippen molar-refractivity contribution in [3.8, 4) is 5.75 Å². The smallest absolute Gasteiger partial charge is 0.240 e. The molecule has 0 radical (unpaired) electrons. The Labute approximate surface area is 179 Å². The molecular weight excluding hydrogens is 400 g/mol. The predicted molar refractivity (Wildman–Crippen MR) is 119 cm³/mol. The molecule has 1 fully saturated rings. The van der Waals surface area contributed by atoms with Crippen LogP contribution in [0.3, 0.4) is 0 Å². The number of nitrogens with zero attached hydrogens (tertiary/aromatic N) is 1. The van der Waals surface area contributed by atoms with Crippen LogP contribution in [-0.2, 0) is 16.6 Å². The molecule has 0 amide bonds. The highest BCUT2D eigenvalue weighted by atomic mass is 32.2. The SMILES string of the molecule is CN=C(NCCNS(=O)(=O)c1ccccc1)NCc1ccc(C)cc1OCC1CC1. The average Bonchev–Trinajstić information content (AvgIpc) is 3.58. The summed E-state index contributed by atoms with van der Waals surface area (Å²) in [6, 6.07) is 14.5. The minimum atomic E-state index is -3.51. The van der Waals surface area contributed by atoms with Crippen LogP contribution in [-0.4, -0.2) is 41.1 Å². The molecule has 30 heavy (non-hydrogen) atoms. The van der Waals surface area contributed by atoms with Gasteiger partial charge in [-0.25, -0.2) is 13.1 Å². The van der Waals surface area contributed by atoms with Gasteiger partial charge in [0.15, 0.2) is 5.96 Å². The maximum atomic E-state index is 12.2. The molecule has 0 bridgehead atoms. The van der Waals surface area contributed by atoms with Crippen molar-refractivity contribution in [2.75, 3.05) is 26.7 Å². The predicted octanol–water partition coefficient (Wildman–Crippen LogP) is 2.43. The standard InChI is InChI=1S/C22H30N4O3S/c1-17-8-11-19(21(14-17)29-16-18-9-10-18)15-25-22(23-2)24-12-13-26-30(27,28)20-6-4-3-5-7-20/h3-8,11,14,18,26H,9-10,12-13,15-16H2,1-2H3,(H2,23,24,25). The lowest BCUT2D eigenvalue weighted by atomic mass is 10.1. The van der Waals surface area contributed by atoms with Gasteiger partial charge >= 0.3 is 0 Å². The van der Waals surface area contributed by atoms with Crippen LogP contribution in [0.2, 0.25) is 0 Å². The van der Waals surface area contributed by atoms with E-state index in [0.717, 1.165) is 23.5 Å². The van der Waals surface area contributed by atoms with Crippen LogP contribution < -0.4 is 20.1 Å². The topological polar surface area (TPSA) is 91.8 Å². The third-order valence-corrected chi connectivity index (χ3v) is 6.30. The maximum absolute atomic E-state index is 12.2. The lowest BCUT2D eigenvalue weighted by Gasteiger charge is -2.15. The van der Waals surface area contributed by atoms with Crippen molar-refractivity contribution < 1.29 is 13.2 Å². The molecular formula is C22H30N4O3S. The molecule has 0 saturated heterocycles. The number of nitrogens with one attached hydrogen (secondary N) is 3. The Morgan fingerprint density at radius 3 is 2.57 bits per heavy atom. The molecule has 1 aliphatic rings. The van der Waals surface area contributed by atoms with Crippen LogP contribution in [0.4, 0.5) is 0 Å². The van der Waals surface area contributed by atoms with Crippen LogP contribution in [0.5, 0.6) is 5.75 Å². The fourth-order valence-corrected chi connectivity index (χ4v) is 3.94. The minimum Gasteiger partial charge on any atom is -0.493 e. The number of rotatable bonds is 10. The fraction of sp³-hybridized carbons (Fsp3) is 0.409.